The van der Waals surface area contributed by atoms with Gasteiger partial charge in [0.15, 0.2) is 17.6 Å². The lowest BCUT2D eigenvalue weighted by Gasteiger charge is -2.13. The highest BCUT2D eigenvalue weighted by Gasteiger charge is 2.21. The molecule has 0 radical (unpaired) electrons. The van der Waals surface area contributed by atoms with E-state index in [1.807, 2.05) is 18.2 Å². The largest absolute Gasteiger partial charge is 0.448 e. The van der Waals surface area contributed by atoms with Crippen LogP contribution in [0.3, 0.4) is 0 Å². The normalized spacial score (nSPS) is 12.0. The van der Waals surface area contributed by atoms with E-state index in [1.165, 1.54) is 19.6 Å². The molecule has 3 heterocycles. The number of para-hydroxylation sites is 1. The molecule has 2 N–H and O–H groups in total. The number of carbonyl (C=O) groups excluding carboxylic acids is 2. The molecule has 1 amide bonds. The molecule has 1 unspecified atom stereocenters. The van der Waals surface area contributed by atoms with E-state index in [9.17, 15) is 9.59 Å². The molecule has 0 spiro atoms. The molecule has 0 aliphatic rings. The number of nitrogens with zero attached hydrogens (tertiary/aromatic N) is 4. The molecule has 1 atom stereocenters. The quantitative estimate of drug-likeness (QED) is 0.533. The maximum Gasteiger partial charge on any atom is 0.357 e. The van der Waals surface area contributed by atoms with Crippen LogP contribution in [0.1, 0.15) is 17.4 Å². The Morgan fingerprint density at radius 2 is 1.96 bits per heavy atom. The van der Waals surface area contributed by atoms with E-state index < -0.39 is 18.0 Å². The van der Waals surface area contributed by atoms with E-state index in [4.69, 9.17) is 4.74 Å². The van der Waals surface area contributed by atoms with Gasteiger partial charge in [0.25, 0.3) is 5.91 Å². The van der Waals surface area contributed by atoms with Gasteiger partial charge in [-0.3, -0.25) is 4.79 Å². The van der Waals surface area contributed by atoms with Crippen LogP contribution >= 0.6 is 0 Å². The molecule has 1 aromatic carbocycles. The monoisotopic (exact) mass is 362 g/mol. The molecule has 0 fully saturated rings. The number of carbonyl (C=O) groups is 2. The zero-order chi connectivity index (χ0) is 18.8. The number of hydrogen-bond acceptors (Lipinski definition) is 7. The van der Waals surface area contributed by atoms with Crippen molar-refractivity contribution < 1.29 is 14.3 Å². The Balaban J connectivity index is 1.47. The number of nitrogens with one attached hydrogen (secondary N) is 2. The maximum atomic E-state index is 12.4. The number of imidazole rings is 1. The van der Waals surface area contributed by atoms with Crippen LogP contribution in [0.2, 0.25) is 0 Å². The number of aromatic nitrogens is 5. The molecule has 9 nitrogen and oxygen atoms in total. The fraction of sp³-hybridized carbons (Fsp3) is 0.111. The molecule has 4 aromatic rings. The lowest BCUT2D eigenvalue weighted by atomic mass is 10.2. The number of rotatable bonds is 4. The lowest BCUT2D eigenvalue weighted by molar-refractivity contribution is -0.123. The summed E-state index contributed by atoms with van der Waals surface area (Å²) < 4.78 is 5.23. The zero-order valence-corrected chi connectivity index (χ0v) is 14.2. The second kappa shape index (κ2) is 6.79. The minimum Gasteiger partial charge on any atom is -0.448 e. The van der Waals surface area contributed by atoms with Crippen LogP contribution in [0, 0.1) is 0 Å². The van der Waals surface area contributed by atoms with Crippen LogP contribution < -0.4 is 5.32 Å². The highest BCUT2D eigenvalue weighted by Crippen LogP contribution is 2.16. The third kappa shape index (κ3) is 3.30. The molecule has 134 valence electrons. The van der Waals surface area contributed by atoms with Gasteiger partial charge in [0.1, 0.15) is 17.5 Å². The van der Waals surface area contributed by atoms with Crippen molar-refractivity contribution in [2.75, 3.05) is 5.32 Å². The number of esters is 1. The third-order valence-corrected chi connectivity index (χ3v) is 3.93. The van der Waals surface area contributed by atoms with Crippen molar-refractivity contribution in [3.05, 3.63) is 54.7 Å². The van der Waals surface area contributed by atoms with Gasteiger partial charge in [-0.15, -0.1) is 0 Å². The molecule has 9 heteroatoms. The summed E-state index contributed by atoms with van der Waals surface area (Å²) in [5, 5.41) is 3.51. The second-order valence-corrected chi connectivity index (χ2v) is 5.75. The van der Waals surface area contributed by atoms with Crippen LogP contribution in [0.15, 0.2) is 49.1 Å². The minimum atomic E-state index is -1.04. The summed E-state index contributed by atoms with van der Waals surface area (Å²) in [5.74, 6) is -0.953. The van der Waals surface area contributed by atoms with Gasteiger partial charge >= 0.3 is 5.97 Å². The Morgan fingerprint density at radius 3 is 2.85 bits per heavy atom. The number of aromatic amines is 1. The topological polar surface area (TPSA) is 123 Å². The fourth-order valence-corrected chi connectivity index (χ4v) is 2.53. The zero-order valence-electron chi connectivity index (χ0n) is 14.2. The van der Waals surface area contributed by atoms with Crippen LogP contribution in [0.5, 0.6) is 0 Å². The fourth-order valence-electron chi connectivity index (χ4n) is 2.53. The first-order valence-electron chi connectivity index (χ1n) is 8.13. The molecule has 0 aliphatic heterocycles. The number of hydrogen-bond donors (Lipinski definition) is 2. The molecule has 0 bridgehead atoms. The van der Waals surface area contributed by atoms with Gasteiger partial charge in [-0.05, 0) is 19.1 Å². The Morgan fingerprint density at radius 1 is 1.11 bits per heavy atom. The van der Waals surface area contributed by atoms with E-state index in [0.717, 1.165) is 5.39 Å². The summed E-state index contributed by atoms with van der Waals surface area (Å²) in [6.07, 6.45) is 1.69. The van der Waals surface area contributed by atoms with Gasteiger partial charge in [-0.25, -0.2) is 24.7 Å². The number of benzene rings is 1. The van der Waals surface area contributed by atoms with Crippen LogP contribution in [0.25, 0.3) is 22.1 Å². The molecule has 0 aliphatic carbocycles. The molecule has 3 aromatic heterocycles. The van der Waals surface area contributed by atoms with Gasteiger partial charge in [-0.2, -0.15) is 0 Å². The van der Waals surface area contributed by atoms with Crippen LogP contribution in [0.4, 0.5) is 5.82 Å². The standard InChI is InChI=1S/C18H14N6O3/c1-10(17(25)24-16-14-15(20-8-19-14)21-9-22-16)27-18(26)13-7-6-11-4-2-3-5-12(11)23-13/h2-10H,1H3,(H2,19,20,21,22,24,25). The highest BCUT2D eigenvalue weighted by molar-refractivity contribution is 6.00. The Kier molecular flexibility index (Phi) is 4.17. The van der Waals surface area contributed by atoms with Crippen LogP contribution in [-0.2, 0) is 9.53 Å². The second-order valence-electron chi connectivity index (χ2n) is 5.75. The van der Waals surface area contributed by atoms with Crippen molar-refractivity contribution >= 4 is 39.8 Å². The van der Waals surface area contributed by atoms with Crippen molar-refractivity contribution in [3.8, 4) is 0 Å². The van der Waals surface area contributed by atoms with Gasteiger partial charge in [0, 0.05) is 5.39 Å². The smallest absolute Gasteiger partial charge is 0.357 e. The van der Waals surface area contributed by atoms with Crippen molar-refractivity contribution in [3.63, 3.8) is 0 Å². The Bertz CT molecular complexity index is 1160. The summed E-state index contributed by atoms with van der Waals surface area (Å²) in [4.78, 5) is 43.8. The van der Waals surface area contributed by atoms with Crippen molar-refractivity contribution in [2.24, 2.45) is 0 Å². The van der Waals surface area contributed by atoms with E-state index >= 15 is 0 Å². The number of fused-ring (bicyclic) bond motifs is 2. The molecule has 4 rings (SSSR count). The van der Waals surface area contributed by atoms with Crippen molar-refractivity contribution in [2.45, 2.75) is 13.0 Å². The molecule has 0 saturated carbocycles. The highest BCUT2D eigenvalue weighted by atomic mass is 16.5. The average molecular weight is 362 g/mol. The summed E-state index contributed by atoms with van der Waals surface area (Å²) in [7, 11) is 0. The van der Waals surface area contributed by atoms with E-state index in [0.29, 0.717) is 16.7 Å². The van der Waals surface area contributed by atoms with Crippen LogP contribution in [-0.4, -0.2) is 42.9 Å². The summed E-state index contributed by atoms with van der Waals surface area (Å²) in [6, 6.07) is 10.8. The Hall–Kier alpha value is -3.88. The number of amides is 1. The van der Waals surface area contributed by atoms with Gasteiger partial charge in [0.05, 0.1) is 11.8 Å². The van der Waals surface area contributed by atoms with Gasteiger partial charge < -0.3 is 15.0 Å². The first kappa shape index (κ1) is 16.6. The predicted molar refractivity (Wildman–Crippen MR) is 96.9 cm³/mol. The number of H-pyrrole nitrogens is 1. The summed E-state index contributed by atoms with van der Waals surface area (Å²) in [6.45, 7) is 1.47. The van der Waals surface area contributed by atoms with E-state index in [-0.39, 0.29) is 11.5 Å². The lowest BCUT2D eigenvalue weighted by Crippen LogP contribution is -2.30. The first-order valence-corrected chi connectivity index (χ1v) is 8.13. The number of pyridine rings is 1. The van der Waals surface area contributed by atoms with E-state index in [2.05, 4.69) is 30.2 Å². The molecule has 0 saturated heterocycles. The van der Waals surface area contributed by atoms with Crippen molar-refractivity contribution in [1.29, 1.82) is 0 Å². The minimum absolute atomic E-state index is 0.131. The van der Waals surface area contributed by atoms with Gasteiger partial charge in [0.2, 0.25) is 0 Å². The maximum absolute atomic E-state index is 12.4. The molecule has 27 heavy (non-hydrogen) atoms. The SMILES string of the molecule is CC(OC(=O)c1ccc2ccccc2n1)C(=O)Nc1ncnc2nc[nH]c12. The Labute approximate surface area is 152 Å². The molecular weight excluding hydrogens is 348 g/mol. The van der Waals surface area contributed by atoms with Gasteiger partial charge in [-0.1, -0.05) is 24.3 Å². The van der Waals surface area contributed by atoms with E-state index in [1.54, 1.807) is 18.2 Å². The predicted octanol–water partition coefficient (Wildman–Crippen LogP) is 2.09. The number of anilines is 1. The summed E-state index contributed by atoms with van der Waals surface area (Å²) >= 11 is 0. The van der Waals surface area contributed by atoms with Crippen molar-refractivity contribution in [1.82, 2.24) is 24.9 Å². The number of ether oxygens (including phenoxy) is 1. The average Bonchev–Trinajstić information content (AvgIpc) is 3.17. The molecular formula is C18H14N6O3. The third-order valence-electron chi connectivity index (χ3n) is 3.93. The first-order chi connectivity index (χ1) is 13.1. The summed E-state index contributed by atoms with van der Waals surface area (Å²) in [5.41, 5.74) is 1.71.